The van der Waals surface area contributed by atoms with E-state index in [9.17, 15) is 18.0 Å². The summed E-state index contributed by atoms with van der Waals surface area (Å²) in [6.07, 6.45) is 1.62. The van der Waals surface area contributed by atoms with Gasteiger partial charge in [0.2, 0.25) is 10.0 Å². The number of carbonyl (C=O) groups excluding carboxylic acids is 2. The van der Waals surface area contributed by atoms with E-state index in [4.69, 9.17) is 0 Å². The molecule has 5 nitrogen and oxygen atoms in total. The van der Waals surface area contributed by atoms with Crippen LogP contribution in [0.1, 0.15) is 36.7 Å². The number of rotatable bonds is 4. The summed E-state index contributed by atoms with van der Waals surface area (Å²) in [5, 5.41) is 0. The van der Waals surface area contributed by atoms with Crippen LogP contribution in [0.2, 0.25) is 0 Å². The molecule has 0 aromatic heterocycles. The average Bonchev–Trinajstić information content (AvgIpc) is 2.35. The van der Waals surface area contributed by atoms with E-state index in [2.05, 4.69) is 4.72 Å². The summed E-state index contributed by atoms with van der Waals surface area (Å²) < 4.78 is 25.4. The smallest absolute Gasteiger partial charge is 0.228 e. The van der Waals surface area contributed by atoms with Crippen molar-refractivity contribution in [2.75, 3.05) is 7.05 Å². The van der Waals surface area contributed by atoms with E-state index in [-0.39, 0.29) is 54.5 Å². The average molecular weight is 371 g/mol. The van der Waals surface area contributed by atoms with E-state index in [0.717, 1.165) is 6.07 Å². The predicted octanol–water partition coefficient (Wildman–Crippen LogP) is 1.28. The van der Waals surface area contributed by atoms with Crippen molar-refractivity contribution in [3.05, 3.63) is 29.3 Å². The van der Waals surface area contributed by atoms with Crippen molar-refractivity contribution in [2.45, 2.75) is 25.7 Å². The molecule has 0 fully saturated rings. The first-order chi connectivity index (χ1) is 8.63. The van der Waals surface area contributed by atoms with Crippen LogP contribution in [0.5, 0.6) is 0 Å². The first-order valence-corrected chi connectivity index (χ1v) is 7.12. The Morgan fingerprint density at radius 3 is 2.20 bits per heavy atom. The Morgan fingerprint density at radius 1 is 1.25 bits per heavy atom. The molecule has 1 aromatic carbocycles. The maximum absolute atomic E-state index is 12.1. The topological polar surface area (TPSA) is 80.3 Å². The predicted molar refractivity (Wildman–Crippen MR) is 71.3 cm³/mol. The number of hydrogen-bond acceptors (Lipinski definition) is 4. The van der Waals surface area contributed by atoms with Crippen LogP contribution in [0, 0.1) is 5.41 Å². The van der Waals surface area contributed by atoms with Crippen LogP contribution in [0.25, 0.3) is 0 Å². The summed E-state index contributed by atoms with van der Waals surface area (Å²) in [6, 6.07) is 3.79. The number of benzene rings is 1. The molecule has 0 amide bonds. The molecule has 0 aliphatic heterocycles. The van der Waals surface area contributed by atoms with Crippen molar-refractivity contribution in [1.29, 1.82) is 0 Å². The molecule has 7 heteroatoms. The molecule has 1 aromatic rings. The van der Waals surface area contributed by atoms with Gasteiger partial charge in [0.05, 0.1) is 6.29 Å². The largest absolute Gasteiger partial charge is 0.376 e. The van der Waals surface area contributed by atoms with Gasteiger partial charge >= 0.3 is 0 Å². The van der Waals surface area contributed by atoms with Gasteiger partial charge in [-0.3, -0.25) is 0 Å². The van der Waals surface area contributed by atoms with Gasteiger partial charge in [-0.2, -0.15) is 0 Å². The zero-order valence-corrected chi connectivity index (χ0v) is 15.5. The van der Waals surface area contributed by atoms with E-state index >= 15 is 0 Å². The van der Waals surface area contributed by atoms with E-state index in [0.29, 0.717) is 0 Å². The normalized spacial score (nSPS) is 11.6. The minimum Gasteiger partial charge on any atom is -0.376 e. The molecule has 0 aliphatic rings. The third-order valence-electron chi connectivity index (χ3n) is 2.61. The number of hydrogen-bond donors (Lipinski definition) is 1. The molecule has 0 spiro atoms. The quantitative estimate of drug-likeness (QED) is 0.639. The minimum absolute atomic E-state index is 0. The van der Waals surface area contributed by atoms with Crippen LogP contribution in [-0.2, 0) is 47.5 Å². The van der Waals surface area contributed by atoms with Crippen LogP contribution in [-0.4, -0.2) is 27.5 Å². The van der Waals surface area contributed by atoms with E-state index in [1.54, 1.807) is 27.1 Å². The zero-order valence-electron chi connectivity index (χ0n) is 11.9. The maximum atomic E-state index is 12.1. The second-order valence-electron chi connectivity index (χ2n) is 5.10. The fourth-order valence-corrected chi connectivity index (χ4v) is 2.25. The number of ketones is 1. The molecule has 1 N–H and O–H groups in total. The maximum Gasteiger partial charge on any atom is 0.228 e. The second-order valence-corrected chi connectivity index (χ2v) is 6.98. The molecule has 0 atom stereocenters. The SMILES string of the molecule is CNS(=O)(=O)c1ccc(C(=O)C(C)(C)C)c([C-]=O)c1.[Y]. The Bertz CT molecular complexity index is 618. The minimum atomic E-state index is -3.65. The van der Waals surface area contributed by atoms with Gasteiger partial charge in [0.1, 0.15) is 5.78 Å². The summed E-state index contributed by atoms with van der Waals surface area (Å²) in [4.78, 5) is 23.0. The molecule has 107 valence electrons. The summed E-state index contributed by atoms with van der Waals surface area (Å²) >= 11 is 0. The Labute approximate surface area is 144 Å². The fourth-order valence-electron chi connectivity index (χ4n) is 1.49. The monoisotopic (exact) mass is 371 g/mol. The van der Waals surface area contributed by atoms with Crippen molar-refractivity contribution in [2.24, 2.45) is 5.41 Å². The van der Waals surface area contributed by atoms with E-state index in [1.807, 2.05) is 0 Å². The summed E-state index contributed by atoms with van der Waals surface area (Å²) in [7, 11) is -2.38. The number of Topliss-reactive ketones (excluding diaryl/α,β-unsaturated/α-hetero) is 1. The summed E-state index contributed by atoms with van der Waals surface area (Å²) in [5.74, 6) is -0.237. The van der Waals surface area contributed by atoms with Gasteiger partial charge in [0, 0.05) is 43.0 Å². The molecule has 0 bridgehead atoms. The van der Waals surface area contributed by atoms with Crippen LogP contribution in [0.15, 0.2) is 23.1 Å². The Hall–Kier alpha value is -0.426. The Balaban J connectivity index is 0.00000361. The Kier molecular flexibility index (Phi) is 6.88. The van der Waals surface area contributed by atoms with E-state index in [1.165, 1.54) is 19.2 Å². The van der Waals surface area contributed by atoms with Crippen LogP contribution in [0.4, 0.5) is 0 Å². The molecule has 0 unspecified atom stereocenters. The molecule has 0 aliphatic carbocycles. The molecule has 20 heavy (non-hydrogen) atoms. The van der Waals surface area contributed by atoms with Gasteiger partial charge in [-0.1, -0.05) is 32.4 Å². The van der Waals surface area contributed by atoms with Gasteiger partial charge < -0.3 is 9.59 Å². The molecular weight excluding hydrogens is 355 g/mol. The molecular formula is C13H16NO4SY-. The fraction of sp³-hybridized carbons (Fsp3) is 0.385. The molecule has 0 heterocycles. The number of nitrogens with one attached hydrogen (secondary N) is 1. The first-order valence-electron chi connectivity index (χ1n) is 5.64. The van der Waals surface area contributed by atoms with Gasteiger partial charge in [-0.05, 0) is 7.05 Å². The number of carbonyl (C=O) groups is 1. The third-order valence-corrected chi connectivity index (χ3v) is 4.02. The van der Waals surface area contributed by atoms with Crippen molar-refractivity contribution >= 4 is 22.1 Å². The van der Waals surface area contributed by atoms with Crippen LogP contribution < -0.4 is 4.72 Å². The van der Waals surface area contributed by atoms with Crippen molar-refractivity contribution in [3.63, 3.8) is 0 Å². The van der Waals surface area contributed by atoms with Crippen molar-refractivity contribution < 1.29 is 50.7 Å². The first kappa shape index (κ1) is 19.6. The van der Waals surface area contributed by atoms with Crippen LogP contribution in [0.3, 0.4) is 0 Å². The van der Waals surface area contributed by atoms with Gasteiger partial charge in [-0.25, -0.2) is 13.1 Å². The standard InChI is InChI=1S/C13H16NO4S.Y/c1-13(2,3)12(16)11-6-5-10(7-9(11)8-15)19(17,18)14-4;/h5-7,14H,1-4H3;/q-1;. The second kappa shape index (κ2) is 7.03. The zero-order chi connectivity index (χ0) is 14.8. The summed E-state index contributed by atoms with van der Waals surface area (Å²) in [6.45, 7) is 5.17. The third kappa shape index (κ3) is 4.28. The summed E-state index contributed by atoms with van der Waals surface area (Å²) in [5.41, 5.74) is -0.525. The van der Waals surface area contributed by atoms with Gasteiger partial charge in [0.25, 0.3) is 0 Å². The molecule has 1 radical (unpaired) electrons. The van der Waals surface area contributed by atoms with Crippen molar-refractivity contribution in [1.82, 2.24) is 4.72 Å². The molecule has 0 saturated heterocycles. The van der Waals surface area contributed by atoms with Crippen LogP contribution >= 0.6 is 0 Å². The number of sulfonamides is 1. The van der Waals surface area contributed by atoms with Gasteiger partial charge in [-0.15, -0.1) is 17.7 Å². The van der Waals surface area contributed by atoms with Crippen molar-refractivity contribution in [3.8, 4) is 0 Å². The molecule has 1 rings (SSSR count). The van der Waals surface area contributed by atoms with Gasteiger partial charge in [0.15, 0.2) is 0 Å². The molecule has 0 saturated carbocycles. The Morgan fingerprint density at radius 2 is 1.80 bits per heavy atom. The van der Waals surface area contributed by atoms with E-state index < -0.39 is 15.4 Å².